The Morgan fingerprint density at radius 1 is 1.15 bits per heavy atom. The van der Waals surface area contributed by atoms with Crippen LogP contribution in [0.1, 0.15) is 12.8 Å². The Bertz CT molecular complexity index is 1090. The predicted octanol–water partition coefficient (Wildman–Crippen LogP) is 2.65. The van der Waals surface area contributed by atoms with Crippen molar-refractivity contribution in [1.82, 2.24) is 13.7 Å². The number of aryl methyl sites for hydroxylation is 1. The monoisotopic (exact) mass is 417 g/mol. The average molecular weight is 418 g/mol. The van der Waals surface area contributed by atoms with E-state index in [1.807, 2.05) is 30.5 Å². The number of benzene rings is 1. The van der Waals surface area contributed by atoms with Crippen LogP contribution in [0.2, 0.25) is 0 Å². The van der Waals surface area contributed by atoms with Crippen LogP contribution in [0.25, 0.3) is 22.2 Å². The van der Waals surface area contributed by atoms with Gasteiger partial charge in [0, 0.05) is 37.9 Å². The summed E-state index contributed by atoms with van der Waals surface area (Å²) in [4.78, 5) is 25.2. The summed E-state index contributed by atoms with van der Waals surface area (Å²) < 4.78 is 11.5. The summed E-state index contributed by atoms with van der Waals surface area (Å²) in [5.74, 6) is 0. The van der Waals surface area contributed by atoms with E-state index in [2.05, 4.69) is 20.5 Å². The van der Waals surface area contributed by atoms with Gasteiger partial charge in [-0.25, -0.2) is 4.79 Å². The van der Waals surface area contributed by atoms with Gasteiger partial charge < -0.3 is 9.30 Å². The Kier molecular flexibility index (Phi) is 4.36. The molecule has 1 aromatic carbocycles. The molecule has 1 fully saturated rings. The molecule has 7 heteroatoms. The van der Waals surface area contributed by atoms with Gasteiger partial charge in [-0.3, -0.25) is 13.9 Å². The van der Waals surface area contributed by atoms with E-state index in [0.29, 0.717) is 17.4 Å². The lowest BCUT2D eigenvalue weighted by Gasteiger charge is -2.14. The van der Waals surface area contributed by atoms with E-state index in [4.69, 9.17) is 4.74 Å². The number of nitrogens with zero attached hydrogens (tertiary/aromatic N) is 3. The fourth-order valence-electron chi connectivity index (χ4n) is 3.66. The molecule has 4 rings (SSSR count). The normalized spacial score (nSPS) is 17.3. The SMILES string of the molecule is Cn1c(=O)c2c(-c3ccc(Br)cc3)n(C[C@H]3CCCO3)cc2n(C)c1=O. The van der Waals surface area contributed by atoms with Gasteiger partial charge in [0.05, 0.1) is 22.7 Å². The third kappa shape index (κ3) is 2.75. The number of aromatic nitrogens is 3. The minimum absolute atomic E-state index is 0.131. The lowest BCUT2D eigenvalue weighted by Crippen LogP contribution is -2.36. The van der Waals surface area contributed by atoms with Gasteiger partial charge in [0.1, 0.15) is 0 Å². The zero-order valence-electron chi connectivity index (χ0n) is 14.7. The van der Waals surface area contributed by atoms with E-state index in [-0.39, 0.29) is 17.4 Å². The fourth-order valence-corrected chi connectivity index (χ4v) is 3.92. The maximum absolute atomic E-state index is 12.9. The number of rotatable bonds is 3. The van der Waals surface area contributed by atoms with Crippen LogP contribution in [0.5, 0.6) is 0 Å². The molecular formula is C19H20BrN3O3. The van der Waals surface area contributed by atoms with Crippen molar-refractivity contribution in [3.63, 3.8) is 0 Å². The second kappa shape index (κ2) is 6.55. The summed E-state index contributed by atoms with van der Waals surface area (Å²) >= 11 is 3.46. The second-order valence-corrected chi connectivity index (χ2v) is 7.65. The summed E-state index contributed by atoms with van der Waals surface area (Å²) in [6.45, 7) is 1.44. The molecule has 0 saturated carbocycles. The van der Waals surface area contributed by atoms with E-state index in [9.17, 15) is 9.59 Å². The Morgan fingerprint density at radius 3 is 2.54 bits per heavy atom. The Morgan fingerprint density at radius 2 is 1.88 bits per heavy atom. The van der Waals surface area contributed by atoms with Crippen LogP contribution in [0, 0.1) is 0 Å². The average Bonchev–Trinajstić information content (AvgIpc) is 3.27. The van der Waals surface area contributed by atoms with Crippen molar-refractivity contribution in [1.29, 1.82) is 0 Å². The molecule has 0 bridgehead atoms. The molecule has 6 nitrogen and oxygen atoms in total. The molecule has 0 unspecified atom stereocenters. The molecule has 1 saturated heterocycles. The molecule has 3 heterocycles. The molecule has 0 amide bonds. The van der Waals surface area contributed by atoms with Crippen molar-refractivity contribution >= 4 is 26.8 Å². The molecule has 1 aliphatic heterocycles. The van der Waals surface area contributed by atoms with E-state index in [1.54, 1.807) is 7.05 Å². The summed E-state index contributed by atoms with van der Waals surface area (Å²) in [6.07, 6.45) is 4.09. The van der Waals surface area contributed by atoms with Gasteiger partial charge >= 0.3 is 5.69 Å². The smallest absolute Gasteiger partial charge is 0.330 e. The van der Waals surface area contributed by atoms with Crippen LogP contribution in [0.15, 0.2) is 44.5 Å². The zero-order chi connectivity index (χ0) is 18.4. The summed E-state index contributed by atoms with van der Waals surface area (Å²) in [7, 11) is 3.22. The minimum Gasteiger partial charge on any atom is -0.376 e. The Hall–Kier alpha value is -2.12. The molecule has 1 atom stereocenters. The van der Waals surface area contributed by atoms with Gasteiger partial charge in [-0.1, -0.05) is 28.1 Å². The fraction of sp³-hybridized carbons (Fsp3) is 0.368. The van der Waals surface area contributed by atoms with Crippen molar-refractivity contribution in [3.8, 4) is 11.3 Å². The highest BCUT2D eigenvalue weighted by Crippen LogP contribution is 2.30. The van der Waals surface area contributed by atoms with E-state index >= 15 is 0 Å². The van der Waals surface area contributed by atoms with Crippen LogP contribution < -0.4 is 11.2 Å². The Labute approximate surface area is 158 Å². The lowest BCUT2D eigenvalue weighted by molar-refractivity contribution is 0.0975. The first-order chi connectivity index (χ1) is 12.5. The van der Waals surface area contributed by atoms with Crippen molar-refractivity contribution in [2.75, 3.05) is 6.61 Å². The number of hydrogen-bond donors (Lipinski definition) is 0. The quantitative estimate of drug-likeness (QED) is 0.657. The predicted molar refractivity (Wildman–Crippen MR) is 105 cm³/mol. The minimum atomic E-state index is -0.320. The van der Waals surface area contributed by atoms with Crippen LogP contribution in [0.4, 0.5) is 0 Å². The second-order valence-electron chi connectivity index (χ2n) is 6.74. The Balaban J connectivity index is 2.02. The van der Waals surface area contributed by atoms with Gasteiger partial charge in [-0.15, -0.1) is 0 Å². The molecule has 136 valence electrons. The number of ether oxygens (including phenoxy) is 1. The first-order valence-corrected chi connectivity index (χ1v) is 9.43. The van der Waals surface area contributed by atoms with Crippen molar-refractivity contribution in [2.24, 2.45) is 14.1 Å². The molecule has 0 aliphatic carbocycles. The van der Waals surface area contributed by atoms with Gasteiger partial charge in [0.25, 0.3) is 5.56 Å². The lowest BCUT2D eigenvalue weighted by atomic mass is 10.1. The number of fused-ring (bicyclic) bond motifs is 1. The molecular weight excluding hydrogens is 398 g/mol. The molecule has 2 aromatic heterocycles. The van der Waals surface area contributed by atoms with Crippen molar-refractivity contribution < 1.29 is 4.74 Å². The van der Waals surface area contributed by atoms with Gasteiger partial charge in [-0.05, 0) is 30.5 Å². The van der Waals surface area contributed by atoms with E-state index in [0.717, 1.165) is 35.2 Å². The van der Waals surface area contributed by atoms with Crippen molar-refractivity contribution in [2.45, 2.75) is 25.5 Å². The topological polar surface area (TPSA) is 58.2 Å². The first kappa shape index (κ1) is 17.3. The molecule has 26 heavy (non-hydrogen) atoms. The van der Waals surface area contributed by atoms with Gasteiger partial charge in [-0.2, -0.15) is 0 Å². The van der Waals surface area contributed by atoms with Gasteiger partial charge in [0.2, 0.25) is 0 Å². The maximum Gasteiger partial charge on any atom is 0.330 e. The third-order valence-corrected chi connectivity index (χ3v) is 5.58. The van der Waals surface area contributed by atoms with E-state index < -0.39 is 0 Å². The molecule has 0 spiro atoms. The summed E-state index contributed by atoms with van der Waals surface area (Å²) in [6, 6.07) is 7.87. The standard InChI is InChI=1S/C19H20BrN3O3/c1-21-15-11-23(10-14-4-3-9-26-14)17(12-5-7-13(20)8-6-12)16(15)18(24)22(2)19(21)25/h5-8,11,14H,3-4,9-10H2,1-2H3/t14-/m1/s1. The number of halogens is 1. The maximum atomic E-state index is 12.9. The molecule has 3 aromatic rings. The highest BCUT2D eigenvalue weighted by Gasteiger charge is 2.23. The van der Waals surface area contributed by atoms with Gasteiger partial charge in [0.15, 0.2) is 0 Å². The van der Waals surface area contributed by atoms with E-state index in [1.165, 1.54) is 16.2 Å². The summed E-state index contributed by atoms with van der Waals surface area (Å²) in [5, 5.41) is 0.565. The largest absolute Gasteiger partial charge is 0.376 e. The molecule has 0 N–H and O–H groups in total. The van der Waals surface area contributed by atoms with Crippen LogP contribution in [-0.2, 0) is 25.4 Å². The van der Waals surface area contributed by atoms with Crippen LogP contribution in [0.3, 0.4) is 0 Å². The zero-order valence-corrected chi connectivity index (χ0v) is 16.3. The third-order valence-electron chi connectivity index (χ3n) is 5.05. The van der Waals surface area contributed by atoms with Crippen LogP contribution in [-0.4, -0.2) is 26.4 Å². The van der Waals surface area contributed by atoms with Crippen LogP contribution >= 0.6 is 15.9 Å². The highest BCUT2D eigenvalue weighted by atomic mass is 79.9. The molecule has 0 radical (unpaired) electrons. The highest BCUT2D eigenvalue weighted by molar-refractivity contribution is 9.10. The first-order valence-electron chi connectivity index (χ1n) is 8.64. The van der Waals surface area contributed by atoms with Crippen molar-refractivity contribution in [3.05, 3.63) is 55.8 Å². The number of hydrogen-bond acceptors (Lipinski definition) is 3. The summed E-state index contributed by atoms with van der Waals surface area (Å²) in [5.41, 5.74) is 1.83. The molecule has 1 aliphatic rings.